The molecule has 2 rings (SSSR count). The number of nitrogens with one attached hydrogen (secondary N) is 1. The standard InChI is InChI=1S/C17H14Cl2N2O2/c18-14-6-5-12(9-15(14)19)11-23-16-4-2-1-3-13(16)10-21-17(22)7-8-20/h1-6,9H,7,10-11H2,(H,21,22). The SMILES string of the molecule is N#CCC(=O)NCc1ccccc1OCc1ccc(Cl)c(Cl)c1. The molecular weight excluding hydrogens is 335 g/mol. The van der Waals surface area contributed by atoms with Crippen LogP contribution in [0.15, 0.2) is 42.5 Å². The van der Waals surface area contributed by atoms with Gasteiger partial charge in [-0.2, -0.15) is 5.26 Å². The van der Waals surface area contributed by atoms with Gasteiger partial charge in [0.25, 0.3) is 0 Å². The molecule has 0 unspecified atom stereocenters. The average molecular weight is 349 g/mol. The predicted octanol–water partition coefficient (Wildman–Crippen LogP) is 4.10. The Hall–Kier alpha value is -2.22. The van der Waals surface area contributed by atoms with Crippen LogP contribution in [0.1, 0.15) is 17.5 Å². The number of para-hydroxylation sites is 1. The zero-order valence-electron chi connectivity index (χ0n) is 12.2. The minimum absolute atomic E-state index is 0.160. The molecule has 0 saturated carbocycles. The first-order valence-electron chi connectivity index (χ1n) is 6.88. The Morgan fingerprint density at radius 3 is 2.70 bits per heavy atom. The van der Waals surface area contributed by atoms with Gasteiger partial charge >= 0.3 is 0 Å². The summed E-state index contributed by atoms with van der Waals surface area (Å²) in [5, 5.41) is 12.1. The molecule has 0 spiro atoms. The minimum Gasteiger partial charge on any atom is -0.489 e. The molecule has 4 nitrogen and oxygen atoms in total. The lowest BCUT2D eigenvalue weighted by molar-refractivity contribution is -0.120. The van der Waals surface area contributed by atoms with Crippen LogP contribution in [-0.2, 0) is 17.9 Å². The molecule has 0 saturated heterocycles. The van der Waals surface area contributed by atoms with E-state index in [1.54, 1.807) is 12.1 Å². The Kier molecular flexibility index (Phi) is 6.28. The maximum atomic E-state index is 11.4. The minimum atomic E-state index is -0.313. The fourth-order valence-electron chi connectivity index (χ4n) is 1.91. The molecule has 23 heavy (non-hydrogen) atoms. The van der Waals surface area contributed by atoms with Crippen molar-refractivity contribution in [1.82, 2.24) is 5.32 Å². The second-order valence-corrected chi connectivity index (χ2v) is 5.57. The monoisotopic (exact) mass is 348 g/mol. The van der Waals surface area contributed by atoms with E-state index < -0.39 is 0 Å². The highest BCUT2D eigenvalue weighted by molar-refractivity contribution is 6.42. The van der Waals surface area contributed by atoms with Gasteiger partial charge < -0.3 is 10.1 Å². The zero-order valence-corrected chi connectivity index (χ0v) is 13.7. The number of rotatable bonds is 6. The number of carbonyl (C=O) groups is 1. The van der Waals surface area contributed by atoms with Crippen molar-refractivity contribution in [2.75, 3.05) is 0 Å². The fraction of sp³-hybridized carbons (Fsp3) is 0.176. The van der Waals surface area contributed by atoms with Gasteiger partial charge in [-0.15, -0.1) is 0 Å². The Balaban J connectivity index is 2.01. The van der Waals surface area contributed by atoms with Gasteiger partial charge in [0.2, 0.25) is 5.91 Å². The van der Waals surface area contributed by atoms with E-state index in [1.807, 2.05) is 36.4 Å². The Morgan fingerprint density at radius 1 is 1.17 bits per heavy atom. The molecule has 1 amide bonds. The first kappa shape index (κ1) is 17.1. The summed E-state index contributed by atoms with van der Waals surface area (Å²) in [5.74, 6) is 0.350. The normalized spacial score (nSPS) is 9.96. The number of amides is 1. The van der Waals surface area contributed by atoms with Gasteiger partial charge in [-0.05, 0) is 23.8 Å². The van der Waals surface area contributed by atoms with Crippen LogP contribution in [0, 0.1) is 11.3 Å². The Labute approximate surface area is 144 Å². The molecule has 0 aromatic heterocycles. The van der Waals surface area contributed by atoms with Crippen molar-refractivity contribution in [2.24, 2.45) is 0 Å². The highest BCUT2D eigenvalue weighted by atomic mass is 35.5. The smallest absolute Gasteiger partial charge is 0.234 e. The van der Waals surface area contributed by atoms with Gasteiger partial charge in [-0.25, -0.2) is 0 Å². The van der Waals surface area contributed by atoms with Crippen LogP contribution in [0.3, 0.4) is 0 Å². The van der Waals surface area contributed by atoms with Crippen LogP contribution in [0.2, 0.25) is 10.0 Å². The van der Waals surface area contributed by atoms with E-state index in [1.165, 1.54) is 0 Å². The molecule has 0 aliphatic carbocycles. The summed E-state index contributed by atoms with van der Waals surface area (Å²) in [6, 6.07) is 14.5. The van der Waals surface area contributed by atoms with Gasteiger partial charge in [-0.3, -0.25) is 4.79 Å². The Morgan fingerprint density at radius 2 is 1.96 bits per heavy atom. The van der Waals surface area contributed by atoms with E-state index in [0.717, 1.165) is 11.1 Å². The summed E-state index contributed by atoms with van der Waals surface area (Å²) in [5.41, 5.74) is 1.72. The lowest BCUT2D eigenvalue weighted by Gasteiger charge is -2.12. The highest BCUT2D eigenvalue weighted by Gasteiger charge is 2.06. The quantitative estimate of drug-likeness (QED) is 0.854. The summed E-state index contributed by atoms with van der Waals surface area (Å²) in [6.45, 7) is 0.637. The number of halogens is 2. The third-order valence-electron chi connectivity index (χ3n) is 3.07. The lowest BCUT2D eigenvalue weighted by Crippen LogP contribution is -2.22. The van der Waals surface area contributed by atoms with Crippen molar-refractivity contribution in [3.05, 3.63) is 63.6 Å². The van der Waals surface area contributed by atoms with Crippen LogP contribution in [0.4, 0.5) is 0 Å². The van der Waals surface area contributed by atoms with E-state index >= 15 is 0 Å². The summed E-state index contributed by atoms with van der Waals surface area (Å²) in [7, 11) is 0. The maximum absolute atomic E-state index is 11.4. The van der Waals surface area contributed by atoms with Crippen LogP contribution < -0.4 is 10.1 Å². The molecule has 2 aromatic carbocycles. The van der Waals surface area contributed by atoms with Crippen molar-refractivity contribution in [3.63, 3.8) is 0 Å². The number of nitriles is 1. The number of nitrogens with zero attached hydrogens (tertiary/aromatic N) is 1. The van der Waals surface area contributed by atoms with Gasteiger partial charge in [0.15, 0.2) is 0 Å². The number of benzene rings is 2. The maximum Gasteiger partial charge on any atom is 0.234 e. The molecule has 1 N–H and O–H groups in total. The lowest BCUT2D eigenvalue weighted by atomic mass is 10.2. The van der Waals surface area contributed by atoms with Gasteiger partial charge in [-0.1, -0.05) is 47.5 Å². The summed E-state index contributed by atoms with van der Waals surface area (Å²) in [4.78, 5) is 11.4. The molecule has 0 aliphatic heterocycles. The third kappa shape index (κ3) is 5.17. The molecule has 0 aliphatic rings. The second-order valence-electron chi connectivity index (χ2n) is 4.76. The third-order valence-corrected chi connectivity index (χ3v) is 3.81. The molecular formula is C17H14Cl2N2O2. The van der Waals surface area contributed by atoms with E-state index in [2.05, 4.69) is 5.32 Å². The molecule has 0 heterocycles. The largest absolute Gasteiger partial charge is 0.489 e. The topological polar surface area (TPSA) is 62.1 Å². The van der Waals surface area contributed by atoms with Crippen molar-refractivity contribution < 1.29 is 9.53 Å². The van der Waals surface area contributed by atoms with Crippen molar-refractivity contribution >= 4 is 29.1 Å². The van der Waals surface area contributed by atoms with Crippen LogP contribution in [-0.4, -0.2) is 5.91 Å². The molecule has 118 valence electrons. The molecule has 6 heteroatoms. The Bertz CT molecular complexity index is 742. The first-order chi connectivity index (χ1) is 11.1. The molecule has 2 aromatic rings. The molecule has 0 atom stereocenters. The van der Waals surface area contributed by atoms with Crippen molar-refractivity contribution in [2.45, 2.75) is 19.6 Å². The number of hydrogen-bond donors (Lipinski definition) is 1. The second kappa shape index (κ2) is 8.42. The number of carbonyl (C=O) groups excluding carboxylic acids is 1. The van der Waals surface area contributed by atoms with E-state index in [9.17, 15) is 4.79 Å². The molecule has 0 bridgehead atoms. The van der Waals surface area contributed by atoms with Gasteiger partial charge in [0, 0.05) is 12.1 Å². The summed E-state index contributed by atoms with van der Waals surface area (Å²) < 4.78 is 5.79. The van der Waals surface area contributed by atoms with E-state index in [0.29, 0.717) is 28.9 Å². The fourth-order valence-corrected chi connectivity index (χ4v) is 2.23. The number of ether oxygens (including phenoxy) is 1. The van der Waals surface area contributed by atoms with Crippen LogP contribution in [0.5, 0.6) is 5.75 Å². The van der Waals surface area contributed by atoms with Gasteiger partial charge in [0.05, 0.1) is 16.1 Å². The van der Waals surface area contributed by atoms with Crippen molar-refractivity contribution in [3.8, 4) is 11.8 Å². The molecule has 0 radical (unpaired) electrons. The molecule has 0 fully saturated rings. The first-order valence-corrected chi connectivity index (χ1v) is 7.64. The highest BCUT2D eigenvalue weighted by Crippen LogP contribution is 2.24. The van der Waals surface area contributed by atoms with E-state index in [4.69, 9.17) is 33.2 Å². The summed E-state index contributed by atoms with van der Waals surface area (Å²) in [6.07, 6.45) is -0.160. The average Bonchev–Trinajstić information content (AvgIpc) is 2.55. The van der Waals surface area contributed by atoms with Crippen molar-refractivity contribution in [1.29, 1.82) is 5.26 Å². The van der Waals surface area contributed by atoms with Crippen LogP contribution in [0.25, 0.3) is 0 Å². The number of hydrogen-bond acceptors (Lipinski definition) is 3. The predicted molar refractivity (Wildman–Crippen MR) is 89.3 cm³/mol. The van der Waals surface area contributed by atoms with Gasteiger partial charge in [0.1, 0.15) is 18.8 Å². The van der Waals surface area contributed by atoms with Crippen LogP contribution >= 0.6 is 23.2 Å². The zero-order chi connectivity index (χ0) is 16.7. The summed E-state index contributed by atoms with van der Waals surface area (Å²) >= 11 is 11.9. The van der Waals surface area contributed by atoms with E-state index in [-0.39, 0.29) is 12.3 Å².